The van der Waals surface area contributed by atoms with E-state index < -0.39 is 15.3 Å². The Balaban J connectivity index is 4.55. The maximum Gasteiger partial charge on any atom is 0.218 e. The van der Waals surface area contributed by atoms with Crippen LogP contribution in [0.15, 0.2) is 0 Å². The topological polar surface area (TPSA) is 67.9 Å². The molecule has 1 unspecified atom stereocenters. The van der Waals surface area contributed by atoms with Crippen molar-refractivity contribution in [3.63, 3.8) is 0 Å². The quantitative estimate of drug-likeness (QED) is 0.507. The van der Waals surface area contributed by atoms with Crippen LogP contribution >= 0.6 is 0 Å². The third-order valence-electron chi connectivity index (χ3n) is 3.03. The van der Waals surface area contributed by atoms with Crippen LogP contribution < -0.4 is 5.32 Å². The molecule has 0 aromatic carbocycles. The Morgan fingerprint density at radius 2 is 1.80 bits per heavy atom. The number of methoxy groups -OCH3 is 2. The summed E-state index contributed by atoms with van der Waals surface area (Å²) in [6.45, 7) is 6.93. The summed E-state index contributed by atoms with van der Waals surface area (Å²) in [5, 5.41) is 2.72. The number of hydrogen-bond acceptors (Lipinski definition) is 5. The van der Waals surface area contributed by atoms with Crippen LogP contribution in [0.5, 0.6) is 0 Å². The van der Waals surface area contributed by atoms with Crippen LogP contribution in [0.25, 0.3) is 0 Å². The first-order chi connectivity index (χ1) is 9.50. The second kappa shape index (κ2) is 11.4. The summed E-state index contributed by atoms with van der Waals surface area (Å²) >= 11 is 0. The Morgan fingerprint density at radius 3 is 2.35 bits per heavy atom. The molecule has 0 aliphatic carbocycles. The van der Waals surface area contributed by atoms with Gasteiger partial charge in [-0.25, -0.2) is 8.42 Å². The van der Waals surface area contributed by atoms with Crippen molar-refractivity contribution in [2.45, 2.75) is 31.9 Å². The van der Waals surface area contributed by atoms with Gasteiger partial charge in [0.1, 0.15) is 0 Å². The molecule has 0 saturated carbocycles. The van der Waals surface area contributed by atoms with Crippen molar-refractivity contribution in [2.75, 3.05) is 53.6 Å². The van der Waals surface area contributed by atoms with Crippen LogP contribution in [0.3, 0.4) is 0 Å². The highest BCUT2D eigenvalue weighted by molar-refractivity contribution is 7.89. The Bertz CT molecular complexity index is 322. The molecule has 122 valence electrons. The lowest BCUT2D eigenvalue weighted by Gasteiger charge is -2.25. The van der Waals surface area contributed by atoms with Gasteiger partial charge in [0.25, 0.3) is 0 Å². The van der Waals surface area contributed by atoms with Gasteiger partial charge in [0, 0.05) is 40.5 Å². The van der Waals surface area contributed by atoms with E-state index in [-0.39, 0.29) is 0 Å². The normalized spacial score (nSPS) is 13.8. The van der Waals surface area contributed by atoms with Crippen molar-refractivity contribution in [1.29, 1.82) is 0 Å². The van der Waals surface area contributed by atoms with Gasteiger partial charge in [-0.15, -0.1) is 0 Å². The molecule has 0 aliphatic heterocycles. The van der Waals surface area contributed by atoms with E-state index in [0.29, 0.717) is 39.3 Å². The van der Waals surface area contributed by atoms with Crippen molar-refractivity contribution in [1.82, 2.24) is 9.62 Å². The van der Waals surface area contributed by atoms with Crippen molar-refractivity contribution >= 4 is 10.0 Å². The summed E-state index contributed by atoms with van der Waals surface area (Å²) in [5.74, 6) is 0. The summed E-state index contributed by atoms with van der Waals surface area (Å²) in [7, 11) is -0.107. The SMILES string of the molecule is CCCNCC(C)S(=O)(=O)N(CCCOC)CCOC. The maximum atomic E-state index is 12.5. The van der Waals surface area contributed by atoms with E-state index in [9.17, 15) is 8.42 Å². The van der Waals surface area contributed by atoms with E-state index in [0.717, 1.165) is 13.0 Å². The smallest absolute Gasteiger partial charge is 0.218 e. The van der Waals surface area contributed by atoms with Crippen LogP contribution in [0, 0.1) is 0 Å². The molecule has 0 fully saturated rings. The first-order valence-electron chi connectivity index (χ1n) is 7.18. The highest BCUT2D eigenvalue weighted by atomic mass is 32.2. The molecule has 0 spiro atoms. The predicted octanol–water partition coefficient (Wildman–Crippen LogP) is 0.689. The zero-order chi connectivity index (χ0) is 15.4. The van der Waals surface area contributed by atoms with Crippen LogP contribution in [0.4, 0.5) is 0 Å². The molecular weight excluding hydrogens is 280 g/mol. The van der Waals surface area contributed by atoms with E-state index in [1.807, 2.05) is 0 Å². The number of nitrogens with one attached hydrogen (secondary N) is 1. The predicted molar refractivity (Wildman–Crippen MR) is 81.5 cm³/mol. The second-order valence-corrected chi connectivity index (χ2v) is 7.15. The second-order valence-electron chi connectivity index (χ2n) is 4.80. The molecule has 0 radical (unpaired) electrons. The zero-order valence-corrected chi connectivity index (χ0v) is 14.0. The van der Waals surface area contributed by atoms with Gasteiger partial charge in [-0.1, -0.05) is 6.92 Å². The highest BCUT2D eigenvalue weighted by Crippen LogP contribution is 2.09. The van der Waals surface area contributed by atoms with Gasteiger partial charge >= 0.3 is 0 Å². The van der Waals surface area contributed by atoms with Crippen LogP contribution in [-0.4, -0.2) is 71.6 Å². The van der Waals surface area contributed by atoms with E-state index in [1.54, 1.807) is 21.1 Å². The lowest BCUT2D eigenvalue weighted by Crippen LogP contribution is -2.44. The Labute approximate surface area is 123 Å². The zero-order valence-electron chi connectivity index (χ0n) is 13.2. The lowest BCUT2D eigenvalue weighted by molar-refractivity contribution is 0.164. The van der Waals surface area contributed by atoms with Crippen LogP contribution in [-0.2, 0) is 19.5 Å². The molecule has 0 aliphatic rings. The van der Waals surface area contributed by atoms with Crippen molar-refractivity contribution in [2.24, 2.45) is 0 Å². The average Bonchev–Trinajstić information content (AvgIpc) is 2.42. The fraction of sp³-hybridized carbons (Fsp3) is 1.00. The summed E-state index contributed by atoms with van der Waals surface area (Å²) in [4.78, 5) is 0. The fourth-order valence-corrected chi connectivity index (χ4v) is 3.34. The van der Waals surface area contributed by atoms with Gasteiger partial charge in [-0.05, 0) is 26.3 Å². The largest absolute Gasteiger partial charge is 0.385 e. The fourth-order valence-electron chi connectivity index (χ4n) is 1.79. The number of ether oxygens (including phenoxy) is 2. The van der Waals surface area contributed by atoms with Gasteiger partial charge in [-0.2, -0.15) is 4.31 Å². The lowest BCUT2D eigenvalue weighted by atomic mass is 10.4. The van der Waals surface area contributed by atoms with Crippen molar-refractivity contribution < 1.29 is 17.9 Å². The van der Waals surface area contributed by atoms with Gasteiger partial charge in [-0.3, -0.25) is 0 Å². The Hall–Kier alpha value is -0.210. The van der Waals surface area contributed by atoms with E-state index in [4.69, 9.17) is 9.47 Å². The highest BCUT2D eigenvalue weighted by Gasteiger charge is 2.27. The Kier molecular flexibility index (Phi) is 11.3. The third kappa shape index (κ3) is 7.54. The summed E-state index contributed by atoms with van der Waals surface area (Å²) < 4.78 is 36.5. The molecule has 0 aromatic rings. The van der Waals surface area contributed by atoms with Crippen LogP contribution in [0.1, 0.15) is 26.7 Å². The molecule has 0 rings (SSSR count). The molecular formula is C13H30N2O4S. The summed E-state index contributed by atoms with van der Waals surface area (Å²) in [6.07, 6.45) is 1.68. The van der Waals surface area contributed by atoms with E-state index in [1.165, 1.54) is 4.31 Å². The molecule has 20 heavy (non-hydrogen) atoms. The minimum absolute atomic E-state index is 0.390. The monoisotopic (exact) mass is 310 g/mol. The van der Waals surface area contributed by atoms with Gasteiger partial charge < -0.3 is 14.8 Å². The minimum atomic E-state index is -3.30. The number of rotatable bonds is 13. The first kappa shape index (κ1) is 19.8. The number of sulfonamides is 1. The minimum Gasteiger partial charge on any atom is -0.385 e. The number of nitrogens with zero attached hydrogens (tertiary/aromatic N) is 1. The van der Waals surface area contributed by atoms with E-state index in [2.05, 4.69) is 12.2 Å². The Morgan fingerprint density at radius 1 is 1.15 bits per heavy atom. The van der Waals surface area contributed by atoms with Gasteiger partial charge in [0.2, 0.25) is 10.0 Å². The molecule has 0 heterocycles. The molecule has 1 N–H and O–H groups in total. The molecule has 0 bridgehead atoms. The van der Waals surface area contributed by atoms with Gasteiger partial charge in [0.15, 0.2) is 0 Å². The first-order valence-corrected chi connectivity index (χ1v) is 8.68. The molecule has 0 saturated heterocycles. The number of hydrogen-bond donors (Lipinski definition) is 1. The molecule has 7 heteroatoms. The molecule has 6 nitrogen and oxygen atoms in total. The molecule has 1 atom stereocenters. The van der Waals surface area contributed by atoms with Crippen molar-refractivity contribution in [3.8, 4) is 0 Å². The van der Waals surface area contributed by atoms with Crippen molar-refractivity contribution in [3.05, 3.63) is 0 Å². The van der Waals surface area contributed by atoms with Gasteiger partial charge in [0.05, 0.1) is 11.9 Å². The average molecular weight is 310 g/mol. The molecule has 0 aromatic heterocycles. The van der Waals surface area contributed by atoms with E-state index >= 15 is 0 Å². The summed E-state index contributed by atoms with van der Waals surface area (Å²) in [5.41, 5.74) is 0. The third-order valence-corrected chi connectivity index (χ3v) is 5.30. The molecule has 0 amide bonds. The summed E-state index contributed by atoms with van der Waals surface area (Å²) in [6, 6.07) is 0. The standard InChI is InChI=1S/C13H30N2O4S/c1-5-7-14-12-13(2)20(16,17)15(9-11-19-4)8-6-10-18-3/h13-14H,5-12H2,1-4H3. The van der Waals surface area contributed by atoms with Crippen LogP contribution in [0.2, 0.25) is 0 Å². The maximum absolute atomic E-state index is 12.5.